The van der Waals surface area contributed by atoms with Gasteiger partial charge in [0.15, 0.2) is 5.96 Å². The van der Waals surface area contributed by atoms with E-state index in [2.05, 4.69) is 39.8 Å². The lowest BCUT2D eigenvalue weighted by atomic mass is 9.98. The van der Waals surface area contributed by atoms with Crippen LogP contribution in [0.1, 0.15) is 59.8 Å². The van der Waals surface area contributed by atoms with E-state index >= 15 is 0 Å². The third kappa shape index (κ3) is 12.6. The molecule has 1 rings (SSSR count). The number of alkyl carbamates (subject to hydrolysis) is 1. The maximum Gasteiger partial charge on any atom is 0.407 e. The Morgan fingerprint density at radius 1 is 1.32 bits per heavy atom. The molecule has 0 radical (unpaired) electrons. The Hall–Kier alpha value is -0.770. The van der Waals surface area contributed by atoms with Crippen LogP contribution in [0.3, 0.4) is 0 Å². The number of likely N-dealkylation sites (tertiary alicyclic amines) is 1. The van der Waals surface area contributed by atoms with Gasteiger partial charge in [-0.25, -0.2) is 4.79 Å². The van der Waals surface area contributed by atoms with Crippen LogP contribution < -0.4 is 16.0 Å². The Morgan fingerprint density at radius 3 is 2.61 bits per heavy atom. The number of unbranched alkanes of at least 4 members (excludes halogenated alkanes) is 1. The first kappa shape index (κ1) is 27.2. The standard InChI is InChI=1S/C20H41N5O2.HI/c1-7-8-11-17(14-23-19(26)27-20(2,3)4)24-18(21-5)22-13-16-10-9-12-25(6)15-16;/h16-17H,7-15H2,1-6H3,(H,23,26)(H2,21,22,24);1H. The topological polar surface area (TPSA) is 78.0 Å². The van der Waals surface area contributed by atoms with Gasteiger partial charge in [-0.05, 0) is 59.5 Å². The van der Waals surface area contributed by atoms with Gasteiger partial charge < -0.3 is 25.6 Å². The van der Waals surface area contributed by atoms with Gasteiger partial charge in [-0.3, -0.25) is 4.99 Å². The molecule has 0 aromatic rings. The van der Waals surface area contributed by atoms with Gasteiger partial charge in [-0.2, -0.15) is 0 Å². The van der Waals surface area contributed by atoms with Gasteiger partial charge in [0.05, 0.1) is 0 Å². The maximum atomic E-state index is 11.9. The van der Waals surface area contributed by atoms with Crippen LogP contribution in [0.25, 0.3) is 0 Å². The molecule has 1 heterocycles. The van der Waals surface area contributed by atoms with Crippen LogP contribution in [-0.4, -0.2) is 68.9 Å². The first-order valence-electron chi connectivity index (χ1n) is 10.4. The van der Waals surface area contributed by atoms with Crippen LogP contribution in [0.2, 0.25) is 0 Å². The van der Waals surface area contributed by atoms with E-state index in [1.165, 1.54) is 19.4 Å². The molecular formula is C20H42IN5O2. The van der Waals surface area contributed by atoms with E-state index in [9.17, 15) is 4.79 Å². The molecule has 28 heavy (non-hydrogen) atoms. The molecule has 1 saturated heterocycles. The van der Waals surface area contributed by atoms with Crippen molar-refractivity contribution >= 4 is 36.0 Å². The second-order valence-corrected chi connectivity index (χ2v) is 8.59. The number of rotatable bonds is 8. The van der Waals surface area contributed by atoms with Gasteiger partial charge in [-0.15, -0.1) is 24.0 Å². The normalized spacial score (nSPS) is 19.4. The van der Waals surface area contributed by atoms with Crippen LogP contribution in [0.15, 0.2) is 4.99 Å². The summed E-state index contributed by atoms with van der Waals surface area (Å²) in [5, 5.41) is 9.80. The molecule has 3 N–H and O–H groups in total. The van der Waals surface area contributed by atoms with Crippen molar-refractivity contribution in [3.8, 4) is 0 Å². The summed E-state index contributed by atoms with van der Waals surface area (Å²) in [4.78, 5) is 18.7. The van der Waals surface area contributed by atoms with Crippen molar-refractivity contribution in [2.75, 3.05) is 40.3 Å². The minimum atomic E-state index is -0.485. The molecule has 1 aliphatic heterocycles. The molecule has 0 aromatic carbocycles. The second-order valence-electron chi connectivity index (χ2n) is 8.59. The minimum Gasteiger partial charge on any atom is -0.444 e. The smallest absolute Gasteiger partial charge is 0.407 e. The maximum absolute atomic E-state index is 11.9. The molecule has 1 aliphatic rings. The number of halogens is 1. The number of carbonyl (C=O) groups excluding carboxylic acids is 1. The van der Waals surface area contributed by atoms with E-state index in [1.54, 1.807) is 7.05 Å². The lowest BCUT2D eigenvalue weighted by molar-refractivity contribution is 0.0523. The number of nitrogens with one attached hydrogen (secondary N) is 3. The summed E-state index contributed by atoms with van der Waals surface area (Å²) in [7, 11) is 3.98. The van der Waals surface area contributed by atoms with Crippen molar-refractivity contribution in [3.63, 3.8) is 0 Å². The van der Waals surface area contributed by atoms with Crippen LogP contribution in [0, 0.1) is 5.92 Å². The second kappa shape index (κ2) is 14.3. The molecule has 166 valence electrons. The summed E-state index contributed by atoms with van der Waals surface area (Å²) in [6.07, 6.45) is 5.32. The quantitative estimate of drug-likeness (QED) is 0.265. The number of hydrogen-bond donors (Lipinski definition) is 3. The van der Waals surface area contributed by atoms with E-state index in [0.29, 0.717) is 12.5 Å². The molecule has 0 aliphatic carbocycles. The van der Waals surface area contributed by atoms with Gasteiger partial charge >= 0.3 is 6.09 Å². The Bertz CT molecular complexity index is 468. The molecule has 0 bridgehead atoms. The zero-order valence-corrected chi connectivity index (χ0v) is 21.0. The molecule has 1 amide bonds. The zero-order chi connectivity index (χ0) is 20.3. The Kier molecular flexibility index (Phi) is 13.9. The minimum absolute atomic E-state index is 0. The molecule has 8 heteroatoms. The number of amides is 1. The molecule has 2 atom stereocenters. The van der Waals surface area contributed by atoms with E-state index in [0.717, 1.165) is 38.3 Å². The predicted octanol–water partition coefficient (Wildman–Crippen LogP) is 3.19. The SMILES string of the molecule is CCCCC(CNC(=O)OC(C)(C)C)NC(=NC)NCC1CCCN(C)C1.I. The molecule has 2 unspecified atom stereocenters. The molecule has 0 aromatic heterocycles. The van der Waals surface area contributed by atoms with Gasteiger partial charge in [0.1, 0.15) is 5.60 Å². The zero-order valence-electron chi connectivity index (χ0n) is 18.6. The number of hydrogen-bond acceptors (Lipinski definition) is 4. The lowest BCUT2D eigenvalue weighted by Crippen LogP contribution is -2.50. The number of piperidine rings is 1. The average Bonchev–Trinajstić information content (AvgIpc) is 2.59. The van der Waals surface area contributed by atoms with Crippen LogP contribution >= 0.6 is 24.0 Å². The van der Waals surface area contributed by atoms with Gasteiger partial charge in [0.2, 0.25) is 0 Å². The van der Waals surface area contributed by atoms with Crippen molar-refractivity contribution in [2.45, 2.75) is 71.4 Å². The highest BCUT2D eigenvalue weighted by Crippen LogP contribution is 2.13. The van der Waals surface area contributed by atoms with Crippen LogP contribution in [0.5, 0.6) is 0 Å². The summed E-state index contributed by atoms with van der Waals surface area (Å²) in [6.45, 7) is 11.5. The third-order valence-electron chi connectivity index (χ3n) is 4.64. The van der Waals surface area contributed by atoms with Crippen molar-refractivity contribution < 1.29 is 9.53 Å². The number of aliphatic imine (C=N–C) groups is 1. The highest BCUT2D eigenvalue weighted by atomic mass is 127. The summed E-state index contributed by atoms with van der Waals surface area (Å²) < 4.78 is 5.33. The van der Waals surface area contributed by atoms with Crippen molar-refractivity contribution in [1.29, 1.82) is 0 Å². The highest BCUT2D eigenvalue weighted by Gasteiger charge is 2.19. The first-order valence-corrected chi connectivity index (χ1v) is 10.4. The van der Waals surface area contributed by atoms with E-state index in [4.69, 9.17) is 4.74 Å². The van der Waals surface area contributed by atoms with Gasteiger partial charge in [-0.1, -0.05) is 19.8 Å². The molecule has 0 spiro atoms. The molecule has 1 fully saturated rings. The fourth-order valence-corrected chi connectivity index (χ4v) is 3.27. The molecular weight excluding hydrogens is 469 g/mol. The van der Waals surface area contributed by atoms with E-state index in [1.807, 2.05) is 20.8 Å². The molecule has 7 nitrogen and oxygen atoms in total. The van der Waals surface area contributed by atoms with E-state index in [-0.39, 0.29) is 36.1 Å². The number of nitrogens with zero attached hydrogens (tertiary/aromatic N) is 2. The summed E-state index contributed by atoms with van der Waals surface area (Å²) >= 11 is 0. The summed E-state index contributed by atoms with van der Waals surface area (Å²) in [5.41, 5.74) is -0.485. The molecule has 0 saturated carbocycles. The Balaban J connectivity index is 0.00000729. The lowest BCUT2D eigenvalue weighted by Gasteiger charge is -2.30. The fourth-order valence-electron chi connectivity index (χ4n) is 3.27. The monoisotopic (exact) mass is 511 g/mol. The average molecular weight is 511 g/mol. The van der Waals surface area contributed by atoms with Crippen molar-refractivity contribution in [1.82, 2.24) is 20.9 Å². The number of ether oxygens (including phenoxy) is 1. The Morgan fingerprint density at radius 2 is 2.04 bits per heavy atom. The van der Waals surface area contributed by atoms with Crippen molar-refractivity contribution in [3.05, 3.63) is 0 Å². The van der Waals surface area contributed by atoms with Crippen molar-refractivity contribution in [2.24, 2.45) is 10.9 Å². The number of carbonyl (C=O) groups is 1. The highest BCUT2D eigenvalue weighted by molar-refractivity contribution is 14.0. The van der Waals surface area contributed by atoms with Gasteiger partial charge in [0, 0.05) is 32.7 Å². The largest absolute Gasteiger partial charge is 0.444 e. The first-order chi connectivity index (χ1) is 12.7. The van der Waals surface area contributed by atoms with E-state index < -0.39 is 5.60 Å². The summed E-state index contributed by atoms with van der Waals surface area (Å²) in [5.74, 6) is 1.45. The van der Waals surface area contributed by atoms with Crippen LogP contribution in [0.4, 0.5) is 4.79 Å². The number of guanidine groups is 1. The Labute approximate surface area is 188 Å². The third-order valence-corrected chi connectivity index (χ3v) is 4.64. The fraction of sp³-hybridized carbons (Fsp3) is 0.900. The predicted molar refractivity (Wildman–Crippen MR) is 128 cm³/mol. The summed E-state index contributed by atoms with van der Waals surface area (Å²) in [6, 6.07) is 0.123. The van der Waals surface area contributed by atoms with Gasteiger partial charge in [0.25, 0.3) is 0 Å². The van der Waals surface area contributed by atoms with Crippen LogP contribution in [-0.2, 0) is 4.74 Å².